The number of amides is 4. The number of nitrogens with zero attached hydrogens (tertiary/aromatic N) is 2. The van der Waals surface area contributed by atoms with Crippen molar-refractivity contribution >= 4 is 41.2 Å². The molecule has 0 bridgehead atoms. The van der Waals surface area contributed by atoms with Crippen molar-refractivity contribution in [3.63, 3.8) is 0 Å². The highest BCUT2D eigenvalue weighted by molar-refractivity contribution is 6.02. The van der Waals surface area contributed by atoms with Crippen molar-refractivity contribution in [1.82, 2.24) is 10.6 Å². The molecule has 2 aromatic rings. The van der Waals surface area contributed by atoms with Gasteiger partial charge in [-0.3, -0.25) is 29.3 Å². The molecule has 71 heavy (non-hydrogen) atoms. The lowest BCUT2D eigenvalue weighted by Crippen LogP contribution is -2.51. The summed E-state index contributed by atoms with van der Waals surface area (Å²) in [5, 5.41) is 16.6. The zero-order valence-electron chi connectivity index (χ0n) is 43.4. The third-order valence-corrected chi connectivity index (χ3v) is 16.6. The third kappa shape index (κ3) is 14.4. The Kier molecular flexibility index (Phi) is 19.3. The lowest BCUT2D eigenvalue weighted by atomic mass is 9.47. The quantitative estimate of drug-likeness (QED) is 0.0226. The minimum Gasteiger partial charge on any atom is -0.429 e. The summed E-state index contributed by atoms with van der Waals surface area (Å²) in [4.78, 5) is 75.9. The zero-order chi connectivity index (χ0) is 51.5. The second-order valence-electron chi connectivity index (χ2n) is 22.4. The van der Waals surface area contributed by atoms with Gasteiger partial charge in [-0.25, -0.2) is 4.79 Å². The lowest BCUT2D eigenvalue weighted by molar-refractivity contribution is -0.384. The number of ether oxygens (including phenoxy) is 3. The molecule has 0 aliphatic heterocycles. The number of fused-ring (bicyclic) bond motifs is 5. The molecule has 4 N–H and O–H groups in total. The summed E-state index contributed by atoms with van der Waals surface area (Å²) >= 11 is 0. The molecule has 0 radical (unpaired) electrons. The normalized spacial score (nSPS) is 25.4. The molecule has 0 heterocycles. The van der Waals surface area contributed by atoms with E-state index in [-0.39, 0.29) is 60.7 Å². The van der Waals surface area contributed by atoms with E-state index in [2.05, 4.69) is 51.3 Å². The molecule has 3 unspecified atom stereocenters. The van der Waals surface area contributed by atoms with Gasteiger partial charge in [0, 0.05) is 43.8 Å². The number of carbonyl (C=O) groups is 5. The Morgan fingerprint density at radius 3 is 2.25 bits per heavy atom. The molecule has 0 spiro atoms. The fourth-order valence-electron chi connectivity index (χ4n) is 12.9. The van der Waals surface area contributed by atoms with Crippen LogP contribution in [0.5, 0.6) is 5.75 Å². The second kappa shape index (κ2) is 24.9. The highest BCUT2D eigenvalue weighted by Gasteiger charge is 2.59. The highest BCUT2D eigenvalue weighted by atomic mass is 16.7. The van der Waals surface area contributed by atoms with Gasteiger partial charge < -0.3 is 35.5 Å². The van der Waals surface area contributed by atoms with Crippen LogP contribution >= 0.6 is 0 Å². The molecule has 4 aliphatic carbocycles. The monoisotopic (exact) mass is 984 g/mol. The van der Waals surface area contributed by atoms with Crippen LogP contribution in [0.15, 0.2) is 60.2 Å². The molecule has 390 valence electrons. The average molecular weight is 984 g/mol. The van der Waals surface area contributed by atoms with Gasteiger partial charge in [0.1, 0.15) is 24.9 Å². The fraction of sp³-hybridized carbons (Fsp3) is 0.661. The number of allylic oxidation sites excluding steroid dienone is 1. The van der Waals surface area contributed by atoms with Crippen LogP contribution in [-0.4, -0.2) is 66.5 Å². The van der Waals surface area contributed by atoms with Crippen molar-refractivity contribution in [1.29, 1.82) is 0 Å². The number of primary amides is 1. The lowest BCUT2D eigenvalue weighted by Gasteiger charge is -2.58. The topological polar surface area (TPSA) is 209 Å². The molecule has 4 amide bonds. The molecule has 2 aromatic carbocycles. The largest absolute Gasteiger partial charge is 0.514 e. The molecule has 9 atom stereocenters. The fourth-order valence-corrected chi connectivity index (χ4v) is 12.9. The van der Waals surface area contributed by atoms with E-state index in [0.29, 0.717) is 36.2 Å². The maximum atomic E-state index is 14.0. The molecule has 15 nitrogen and oxygen atoms in total. The number of non-ortho nitro benzene ring substituents is 1. The van der Waals surface area contributed by atoms with Crippen molar-refractivity contribution in [3.8, 4) is 5.75 Å². The SMILES string of the molecule is CC(C)CCC[C@@H](C)[C@H]1CCC2C3CC=C4C[C@@H](OCCCNC(=O)CCC(=O)N[C@@H](CC(C)C)C(=O)N(CC(N)=O)c5ccc(COC(=O)Oc6ccc([N+](=O)[O-])cc6)cc5)CC[C@]4(C)C3CC[C@@]21C. The summed E-state index contributed by atoms with van der Waals surface area (Å²) in [6.45, 7) is 16.6. The zero-order valence-corrected chi connectivity index (χ0v) is 43.4. The van der Waals surface area contributed by atoms with Gasteiger partial charge in [-0.1, -0.05) is 91.5 Å². The minimum atomic E-state index is -1.03. The molecule has 3 saturated carbocycles. The number of nitro groups is 1. The number of anilines is 1. The first-order valence-corrected chi connectivity index (χ1v) is 26.4. The van der Waals surface area contributed by atoms with E-state index in [1.165, 1.54) is 87.0 Å². The Morgan fingerprint density at radius 1 is 0.859 bits per heavy atom. The van der Waals surface area contributed by atoms with Crippen molar-refractivity contribution in [2.75, 3.05) is 24.6 Å². The van der Waals surface area contributed by atoms with Crippen LogP contribution in [0.2, 0.25) is 0 Å². The maximum absolute atomic E-state index is 14.0. The van der Waals surface area contributed by atoms with Gasteiger partial charge in [0.2, 0.25) is 23.6 Å². The van der Waals surface area contributed by atoms with Gasteiger partial charge >= 0.3 is 6.16 Å². The standard InChI is InChI=1S/C56H81N5O10/c1-36(2)10-8-11-38(5)46-22-23-47-45-21-14-40-33-44(26-28-55(40,6)48(45)27-29-56(46,47)7)69-31-9-30-58-51(63)24-25-52(64)59-49(32-37(3)4)53(65)60(34-50(57)62)41-15-12-39(13-16-41)35-70-54(66)71-43-19-17-42(18-20-43)61(67)68/h12-20,36-38,44-49H,8-11,21-35H2,1-7H3,(H2,57,62)(H,58,63)(H,59,64)/t38-,44+,45?,46-,47?,48?,49+,55+,56-/m1/s1. The third-order valence-electron chi connectivity index (χ3n) is 16.6. The van der Waals surface area contributed by atoms with E-state index in [9.17, 15) is 34.1 Å². The number of nitro benzene ring substituents is 1. The van der Waals surface area contributed by atoms with Crippen LogP contribution < -0.4 is 26.0 Å². The predicted octanol–water partition coefficient (Wildman–Crippen LogP) is 10.4. The van der Waals surface area contributed by atoms with Gasteiger partial charge in [-0.2, -0.15) is 0 Å². The van der Waals surface area contributed by atoms with Gasteiger partial charge in [0.05, 0.1) is 11.0 Å². The van der Waals surface area contributed by atoms with Crippen molar-refractivity contribution in [3.05, 3.63) is 75.9 Å². The Balaban J connectivity index is 0.908. The molecular weight excluding hydrogens is 903 g/mol. The predicted molar refractivity (Wildman–Crippen MR) is 273 cm³/mol. The molecule has 0 saturated heterocycles. The van der Waals surface area contributed by atoms with E-state index in [1.54, 1.807) is 29.8 Å². The van der Waals surface area contributed by atoms with Crippen LogP contribution in [0, 0.1) is 62.4 Å². The Hall–Kier alpha value is -5.31. The highest BCUT2D eigenvalue weighted by Crippen LogP contribution is 2.67. The average Bonchev–Trinajstić information content (AvgIpc) is 3.69. The number of nitrogens with one attached hydrogen (secondary N) is 2. The van der Waals surface area contributed by atoms with Crippen LogP contribution in [0.25, 0.3) is 0 Å². The minimum absolute atomic E-state index is 0.00733. The second-order valence-corrected chi connectivity index (χ2v) is 22.4. The van der Waals surface area contributed by atoms with Crippen LogP contribution in [0.3, 0.4) is 0 Å². The van der Waals surface area contributed by atoms with Gasteiger partial charge in [-0.15, -0.1) is 0 Å². The smallest absolute Gasteiger partial charge is 0.429 e. The number of nitrogens with two attached hydrogens (primary N) is 1. The van der Waals surface area contributed by atoms with Gasteiger partial charge in [-0.05, 0) is 146 Å². The van der Waals surface area contributed by atoms with E-state index < -0.39 is 41.4 Å². The van der Waals surface area contributed by atoms with Crippen LogP contribution in [0.4, 0.5) is 16.2 Å². The van der Waals surface area contributed by atoms with Gasteiger partial charge in [0.15, 0.2) is 0 Å². The molecular formula is C56H81N5O10. The van der Waals surface area contributed by atoms with Crippen molar-refractivity contribution in [2.45, 2.75) is 164 Å². The van der Waals surface area contributed by atoms with E-state index in [4.69, 9.17) is 19.9 Å². The molecule has 4 aliphatic rings. The molecule has 6 rings (SSSR count). The number of benzene rings is 2. The summed E-state index contributed by atoms with van der Waals surface area (Å²) in [5.74, 6) is 2.90. The number of rotatable bonds is 24. The van der Waals surface area contributed by atoms with Crippen molar-refractivity contribution in [2.24, 2.45) is 58.0 Å². The summed E-state index contributed by atoms with van der Waals surface area (Å²) in [7, 11) is 0. The summed E-state index contributed by atoms with van der Waals surface area (Å²) in [5.41, 5.74) is 8.62. The Bertz CT molecular complexity index is 2200. The van der Waals surface area contributed by atoms with E-state index in [1.807, 2.05) is 13.8 Å². The first kappa shape index (κ1) is 55.0. The number of carbonyl (C=O) groups excluding carboxylic acids is 5. The van der Waals surface area contributed by atoms with E-state index in [0.717, 1.165) is 48.3 Å². The maximum Gasteiger partial charge on any atom is 0.514 e. The molecule has 3 fully saturated rings. The first-order chi connectivity index (χ1) is 33.8. The van der Waals surface area contributed by atoms with Gasteiger partial charge in [0.25, 0.3) is 5.69 Å². The molecule has 0 aromatic heterocycles. The Labute approximate surface area is 421 Å². The van der Waals surface area contributed by atoms with Crippen molar-refractivity contribution < 1.29 is 43.1 Å². The number of hydrogen-bond acceptors (Lipinski definition) is 10. The first-order valence-electron chi connectivity index (χ1n) is 26.4. The van der Waals surface area contributed by atoms with Crippen LogP contribution in [-0.2, 0) is 35.3 Å². The summed E-state index contributed by atoms with van der Waals surface area (Å²) < 4.78 is 16.7. The number of hydrogen-bond donors (Lipinski definition) is 3. The van der Waals surface area contributed by atoms with E-state index >= 15 is 0 Å². The molecule has 15 heteroatoms. The Morgan fingerprint density at radius 2 is 1.58 bits per heavy atom. The summed E-state index contributed by atoms with van der Waals surface area (Å²) in [6, 6.07) is 10.2. The summed E-state index contributed by atoms with van der Waals surface area (Å²) in [6.07, 6.45) is 16.6. The van der Waals surface area contributed by atoms with Crippen LogP contribution in [0.1, 0.15) is 150 Å².